The van der Waals surface area contributed by atoms with E-state index in [0.29, 0.717) is 5.56 Å². The number of ether oxygens (including phenoxy) is 5. The van der Waals surface area contributed by atoms with Gasteiger partial charge in [0, 0.05) is 51.9 Å². The van der Waals surface area contributed by atoms with E-state index in [1.54, 1.807) is 18.3 Å². The second-order valence-electron chi connectivity index (χ2n) is 6.29. The molecule has 11 nitrogen and oxygen atoms in total. The summed E-state index contributed by atoms with van der Waals surface area (Å²) in [7, 11) is 0. The van der Waals surface area contributed by atoms with Crippen LogP contribution in [0.4, 0.5) is 0 Å². The maximum Gasteiger partial charge on any atom is 0.305 e. The minimum atomic E-state index is -1.50. The van der Waals surface area contributed by atoms with Crippen LogP contribution in [0.1, 0.15) is 33.3 Å². The molecular formula is C19H22N2O9. The van der Waals surface area contributed by atoms with Gasteiger partial charge in [-0.15, -0.1) is 0 Å². The monoisotopic (exact) mass is 422 g/mol. The summed E-state index contributed by atoms with van der Waals surface area (Å²) >= 11 is 0. The van der Waals surface area contributed by atoms with Crippen LogP contribution in [0.2, 0.25) is 0 Å². The van der Waals surface area contributed by atoms with Crippen molar-refractivity contribution < 1.29 is 42.9 Å². The lowest BCUT2D eigenvalue weighted by atomic mass is 10.0. The van der Waals surface area contributed by atoms with Crippen LogP contribution in [-0.2, 0) is 42.9 Å². The van der Waals surface area contributed by atoms with Crippen molar-refractivity contribution >= 4 is 30.1 Å². The zero-order valence-corrected chi connectivity index (χ0v) is 16.8. The predicted octanol–water partition coefficient (Wildman–Crippen LogP) is 0.541. The molecule has 0 spiro atoms. The molecule has 11 heteroatoms. The Bertz CT molecular complexity index is 811. The molecule has 0 saturated carbocycles. The molecule has 0 aromatic carbocycles. The lowest BCUT2D eigenvalue weighted by Gasteiger charge is -2.42. The van der Waals surface area contributed by atoms with Gasteiger partial charge in [-0.1, -0.05) is 6.07 Å². The molecule has 1 aliphatic rings. The number of carbonyl (C=O) groups is 4. The highest BCUT2D eigenvalue weighted by Gasteiger charge is 2.53. The van der Waals surface area contributed by atoms with Crippen molar-refractivity contribution in [2.75, 3.05) is 0 Å². The number of hydrogen-bond acceptors (Lipinski definition) is 11. The SMILES string of the molecule is CC(=O)OC1OC(OC(C)=O)C(OC(C)=O)C(OC(C)=O)C1N=Cc1cccnc1. The minimum Gasteiger partial charge on any atom is -0.456 e. The molecule has 5 unspecified atom stereocenters. The third-order valence-electron chi connectivity index (χ3n) is 3.72. The lowest BCUT2D eigenvalue weighted by Crippen LogP contribution is -2.61. The van der Waals surface area contributed by atoms with Crippen molar-refractivity contribution in [3.8, 4) is 0 Å². The van der Waals surface area contributed by atoms with Crippen LogP contribution in [-0.4, -0.2) is 65.9 Å². The number of rotatable bonds is 6. The minimum absolute atomic E-state index is 0.604. The molecule has 30 heavy (non-hydrogen) atoms. The zero-order chi connectivity index (χ0) is 22.3. The number of esters is 4. The molecule has 1 saturated heterocycles. The summed E-state index contributed by atoms with van der Waals surface area (Å²) in [4.78, 5) is 54.7. The van der Waals surface area contributed by atoms with Gasteiger partial charge in [-0.05, 0) is 6.07 Å². The van der Waals surface area contributed by atoms with Crippen LogP contribution >= 0.6 is 0 Å². The van der Waals surface area contributed by atoms with Crippen LogP contribution in [0.15, 0.2) is 29.5 Å². The highest BCUT2D eigenvalue weighted by atomic mass is 16.8. The fourth-order valence-electron chi connectivity index (χ4n) is 2.74. The summed E-state index contributed by atoms with van der Waals surface area (Å²) in [5, 5.41) is 0. The molecule has 0 N–H and O–H groups in total. The van der Waals surface area contributed by atoms with E-state index >= 15 is 0 Å². The lowest BCUT2D eigenvalue weighted by molar-refractivity contribution is -0.310. The maximum absolute atomic E-state index is 11.7. The first kappa shape index (κ1) is 22.9. The van der Waals surface area contributed by atoms with Gasteiger partial charge in [0.2, 0.25) is 18.7 Å². The maximum atomic E-state index is 11.7. The molecule has 0 bridgehead atoms. The van der Waals surface area contributed by atoms with Crippen molar-refractivity contribution in [2.24, 2.45) is 4.99 Å². The fraction of sp³-hybridized carbons (Fsp3) is 0.474. The van der Waals surface area contributed by atoms with Gasteiger partial charge in [0.25, 0.3) is 0 Å². The van der Waals surface area contributed by atoms with Gasteiger partial charge in [-0.25, -0.2) is 0 Å². The van der Waals surface area contributed by atoms with Crippen LogP contribution in [0.3, 0.4) is 0 Å². The number of carbonyl (C=O) groups excluding carboxylic acids is 4. The van der Waals surface area contributed by atoms with E-state index in [0.717, 1.165) is 27.7 Å². The Morgan fingerprint density at radius 1 is 0.900 bits per heavy atom. The average molecular weight is 422 g/mol. The summed E-state index contributed by atoms with van der Waals surface area (Å²) in [6.07, 6.45) is -1.00. The molecule has 0 radical (unpaired) electrons. The molecule has 1 aromatic rings. The van der Waals surface area contributed by atoms with E-state index in [-0.39, 0.29) is 0 Å². The highest BCUT2D eigenvalue weighted by Crippen LogP contribution is 2.30. The fourth-order valence-corrected chi connectivity index (χ4v) is 2.74. The van der Waals surface area contributed by atoms with Gasteiger partial charge in [0.05, 0.1) is 0 Å². The number of hydrogen-bond donors (Lipinski definition) is 0. The molecule has 5 atom stereocenters. The van der Waals surface area contributed by atoms with E-state index in [2.05, 4.69) is 9.98 Å². The van der Waals surface area contributed by atoms with Crippen molar-refractivity contribution in [1.29, 1.82) is 0 Å². The van der Waals surface area contributed by atoms with Crippen molar-refractivity contribution in [2.45, 2.75) is 58.5 Å². The first-order chi connectivity index (χ1) is 14.2. The molecule has 1 fully saturated rings. The molecule has 0 amide bonds. The second kappa shape index (κ2) is 10.4. The molecule has 0 aliphatic carbocycles. The van der Waals surface area contributed by atoms with E-state index in [4.69, 9.17) is 23.7 Å². The predicted molar refractivity (Wildman–Crippen MR) is 98.9 cm³/mol. The van der Waals surface area contributed by atoms with E-state index in [1.807, 2.05) is 0 Å². The third kappa shape index (κ3) is 6.62. The second-order valence-corrected chi connectivity index (χ2v) is 6.29. The summed E-state index contributed by atoms with van der Waals surface area (Å²) < 4.78 is 26.3. The summed E-state index contributed by atoms with van der Waals surface area (Å²) in [5.74, 6) is -2.92. The third-order valence-corrected chi connectivity index (χ3v) is 3.72. The van der Waals surface area contributed by atoms with Crippen LogP contribution < -0.4 is 0 Å². The molecular weight excluding hydrogens is 400 g/mol. The van der Waals surface area contributed by atoms with E-state index in [9.17, 15) is 19.2 Å². The zero-order valence-electron chi connectivity index (χ0n) is 16.8. The van der Waals surface area contributed by atoms with Gasteiger partial charge in [0.15, 0.2) is 12.1 Å². The largest absolute Gasteiger partial charge is 0.456 e. The standard InChI is InChI=1S/C19H22N2O9/c1-10(22)26-16-15(21-9-14-6-5-7-20-8-14)18(28-12(3)24)30-19(29-13(4)25)17(16)27-11(2)23/h5-9,15-19H,1-4H3. The van der Waals surface area contributed by atoms with Gasteiger partial charge in [0.1, 0.15) is 0 Å². The Kier molecular flexibility index (Phi) is 7.98. The Morgan fingerprint density at radius 2 is 1.47 bits per heavy atom. The summed E-state index contributed by atoms with van der Waals surface area (Å²) in [6.45, 7) is 4.53. The number of aromatic nitrogens is 1. The first-order valence-electron chi connectivity index (χ1n) is 8.95. The topological polar surface area (TPSA) is 140 Å². The molecule has 162 valence electrons. The normalized spacial score (nSPS) is 25.9. The van der Waals surface area contributed by atoms with Crippen LogP contribution in [0, 0.1) is 0 Å². The van der Waals surface area contributed by atoms with Gasteiger partial charge >= 0.3 is 23.9 Å². The van der Waals surface area contributed by atoms with Crippen molar-refractivity contribution in [3.05, 3.63) is 30.1 Å². The van der Waals surface area contributed by atoms with Gasteiger partial charge < -0.3 is 18.9 Å². The Balaban J connectivity index is 2.47. The number of nitrogens with zero attached hydrogens (tertiary/aromatic N) is 2. The van der Waals surface area contributed by atoms with Crippen LogP contribution in [0.25, 0.3) is 0 Å². The first-order valence-corrected chi connectivity index (χ1v) is 8.95. The number of pyridine rings is 1. The van der Waals surface area contributed by atoms with E-state index in [1.165, 1.54) is 12.4 Å². The molecule has 2 rings (SSSR count). The van der Waals surface area contributed by atoms with Crippen LogP contribution in [0.5, 0.6) is 0 Å². The van der Waals surface area contributed by atoms with Gasteiger partial charge in [-0.3, -0.25) is 33.9 Å². The average Bonchev–Trinajstić information content (AvgIpc) is 2.63. The van der Waals surface area contributed by atoms with Crippen molar-refractivity contribution in [1.82, 2.24) is 4.98 Å². The Morgan fingerprint density at radius 3 is 2.00 bits per heavy atom. The number of aliphatic imine (C=N–C) groups is 1. The van der Waals surface area contributed by atoms with E-state index < -0.39 is 54.7 Å². The smallest absolute Gasteiger partial charge is 0.305 e. The summed E-state index contributed by atoms with van der Waals surface area (Å²) in [5.41, 5.74) is 0.604. The Hall–Kier alpha value is -3.34. The Labute approximate surface area is 172 Å². The van der Waals surface area contributed by atoms with Gasteiger partial charge in [-0.2, -0.15) is 0 Å². The summed E-state index contributed by atoms with van der Waals surface area (Å²) in [6, 6.07) is 2.27. The quantitative estimate of drug-likeness (QED) is 0.362. The molecule has 1 aliphatic heterocycles. The molecule has 2 heterocycles. The highest BCUT2D eigenvalue weighted by molar-refractivity contribution is 5.79. The molecule has 1 aromatic heterocycles. The van der Waals surface area contributed by atoms with Crippen molar-refractivity contribution in [3.63, 3.8) is 0 Å².